The van der Waals surface area contributed by atoms with Crippen LogP contribution in [0.25, 0.3) is 10.7 Å². The molecule has 2 rings (SSSR count). The first kappa shape index (κ1) is 8.18. The molecule has 0 bridgehead atoms. The molecule has 0 aliphatic carbocycles. The highest BCUT2D eigenvalue weighted by Crippen LogP contribution is 2.21. The van der Waals surface area contributed by atoms with Crippen molar-refractivity contribution in [3.8, 4) is 10.7 Å². The Hall–Kier alpha value is -1.43. The molecule has 0 aliphatic rings. The van der Waals surface area contributed by atoms with E-state index in [1.165, 1.54) is 0 Å². The summed E-state index contributed by atoms with van der Waals surface area (Å²) in [4.78, 5) is 5.02. The second-order valence-electron chi connectivity index (χ2n) is 2.52. The van der Waals surface area contributed by atoms with E-state index in [1.807, 2.05) is 18.7 Å². The number of nitrogens with zero attached hydrogens (tertiary/aromatic N) is 4. The lowest BCUT2D eigenvalue weighted by molar-refractivity contribution is 0.927. The van der Waals surface area contributed by atoms with Gasteiger partial charge in [-0.05, 0) is 0 Å². The minimum Gasteiger partial charge on any atom is -0.357 e. The molecule has 2 aromatic rings. The molecule has 0 amide bonds. The molecule has 0 saturated carbocycles. The molecule has 13 heavy (non-hydrogen) atoms. The van der Waals surface area contributed by atoms with E-state index in [-0.39, 0.29) is 0 Å². The molecule has 0 saturated heterocycles. The Morgan fingerprint density at radius 1 is 1.46 bits per heavy atom. The molecule has 0 atom stereocenters. The summed E-state index contributed by atoms with van der Waals surface area (Å²) in [6.07, 6.45) is 1.79. The van der Waals surface area contributed by atoms with E-state index >= 15 is 0 Å². The summed E-state index contributed by atoms with van der Waals surface area (Å²) in [5, 5.41) is 11.0. The van der Waals surface area contributed by atoms with Gasteiger partial charge < -0.3 is 5.32 Å². The fourth-order valence-corrected chi connectivity index (χ4v) is 1.73. The lowest BCUT2D eigenvalue weighted by Gasteiger charge is -1.99. The maximum Gasteiger partial charge on any atom is 0.224 e. The third-order valence-electron chi connectivity index (χ3n) is 1.75. The molecule has 0 aliphatic heterocycles. The lowest BCUT2D eigenvalue weighted by Crippen LogP contribution is -1.98. The van der Waals surface area contributed by atoms with Crippen LogP contribution in [0.5, 0.6) is 0 Å². The molecule has 5 nitrogen and oxygen atoms in total. The SMILES string of the molecule is CNc1nnc(-c2cncs2)n1C. The molecule has 2 heterocycles. The van der Waals surface area contributed by atoms with Gasteiger partial charge in [0.25, 0.3) is 0 Å². The average Bonchev–Trinajstić information content (AvgIpc) is 2.72. The highest BCUT2D eigenvalue weighted by Gasteiger charge is 2.09. The fraction of sp³-hybridized carbons (Fsp3) is 0.286. The summed E-state index contributed by atoms with van der Waals surface area (Å²) in [6.45, 7) is 0. The molecule has 2 aromatic heterocycles. The molecular weight excluding hydrogens is 186 g/mol. The van der Waals surface area contributed by atoms with Crippen LogP contribution < -0.4 is 5.32 Å². The zero-order chi connectivity index (χ0) is 9.26. The van der Waals surface area contributed by atoms with Crippen LogP contribution in [0, 0.1) is 0 Å². The van der Waals surface area contributed by atoms with Gasteiger partial charge >= 0.3 is 0 Å². The minimum absolute atomic E-state index is 0.753. The summed E-state index contributed by atoms with van der Waals surface area (Å²) in [5.41, 5.74) is 1.78. The number of aromatic nitrogens is 4. The van der Waals surface area contributed by atoms with Crippen LogP contribution >= 0.6 is 11.3 Å². The van der Waals surface area contributed by atoms with Crippen LogP contribution in [0.1, 0.15) is 0 Å². The average molecular weight is 195 g/mol. The molecule has 68 valence electrons. The Labute approximate surface area is 79.5 Å². The standard InChI is InChI=1S/C7H9N5S/c1-8-7-11-10-6(12(7)2)5-3-9-4-13-5/h3-4H,1-2H3,(H,8,11). The van der Waals surface area contributed by atoms with Crippen molar-refractivity contribution in [2.45, 2.75) is 0 Å². The molecule has 0 aromatic carbocycles. The predicted molar refractivity (Wildman–Crippen MR) is 51.7 cm³/mol. The number of rotatable bonds is 2. The first-order valence-electron chi connectivity index (χ1n) is 3.79. The molecular formula is C7H9N5S. The summed E-state index contributed by atoms with van der Waals surface area (Å²) >= 11 is 1.55. The van der Waals surface area contributed by atoms with E-state index in [4.69, 9.17) is 0 Å². The van der Waals surface area contributed by atoms with E-state index in [0.717, 1.165) is 16.6 Å². The summed E-state index contributed by atoms with van der Waals surface area (Å²) in [5.74, 6) is 1.59. The zero-order valence-electron chi connectivity index (χ0n) is 7.35. The van der Waals surface area contributed by atoms with Gasteiger partial charge in [0, 0.05) is 20.3 Å². The third-order valence-corrected chi connectivity index (χ3v) is 2.52. The smallest absolute Gasteiger partial charge is 0.224 e. The van der Waals surface area contributed by atoms with E-state index in [1.54, 1.807) is 23.0 Å². The zero-order valence-corrected chi connectivity index (χ0v) is 8.17. The first-order chi connectivity index (χ1) is 6.33. The van der Waals surface area contributed by atoms with Crippen molar-refractivity contribution in [2.75, 3.05) is 12.4 Å². The predicted octanol–water partition coefficient (Wildman–Crippen LogP) is 0.980. The van der Waals surface area contributed by atoms with Gasteiger partial charge in [0.2, 0.25) is 5.95 Å². The van der Waals surface area contributed by atoms with Crippen LogP contribution in [0.3, 0.4) is 0 Å². The van der Waals surface area contributed by atoms with Crippen LogP contribution in [-0.4, -0.2) is 26.8 Å². The number of thiazole rings is 1. The Balaban J connectivity index is 2.48. The van der Waals surface area contributed by atoms with Gasteiger partial charge in [-0.1, -0.05) is 0 Å². The minimum atomic E-state index is 0.753. The summed E-state index contributed by atoms with van der Waals surface area (Å²) in [6, 6.07) is 0. The quantitative estimate of drug-likeness (QED) is 0.776. The maximum atomic E-state index is 4.05. The van der Waals surface area contributed by atoms with E-state index in [0.29, 0.717) is 0 Å². The van der Waals surface area contributed by atoms with Gasteiger partial charge in [0.1, 0.15) is 0 Å². The van der Waals surface area contributed by atoms with Gasteiger partial charge in [-0.25, -0.2) is 0 Å². The van der Waals surface area contributed by atoms with E-state index < -0.39 is 0 Å². The lowest BCUT2D eigenvalue weighted by atomic mass is 10.5. The molecule has 1 N–H and O–H groups in total. The second-order valence-corrected chi connectivity index (χ2v) is 3.41. The maximum absolute atomic E-state index is 4.05. The Morgan fingerprint density at radius 2 is 2.31 bits per heavy atom. The molecule has 0 radical (unpaired) electrons. The highest BCUT2D eigenvalue weighted by atomic mass is 32.1. The molecule has 6 heteroatoms. The number of anilines is 1. The molecule has 0 spiro atoms. The van der Waals surface area contributed by atoms with Crippen LogP contribution in [-0.2, 0) is 7.05 Å². The van der Waals surface area contributed by atoms with Gasteiger partial charge in [-0.2, -0.15) is 0 Å². The highest BCUT2D eigenvalue weighted by molar-refractivity contribution is 7.13. The van der Waals surface area contributed by atoms with Crippen LogP contribution in [0.15, 0.2) is 11.7 Å². The Morgan fingerprint density at radius 3 is 2.85 bits per heavy atom. The van der Waals surface area contributed by atoms with Crippen molar-refractivity contribution in [3.05, 3.63) is 11.7 Å². The third kappa shape index (κ3) is 1.29. The fourth-order valence-electron chi connectivity index (χ4n) is 1.09. The largest absolute Gasteiger partial charge is 0.357 e. The van der Waals surface area contributed by atoms with Crippen molar-refractivity contribution >= 4 is 17.3 Å². The van der Waals surface area contributed by atoms with Gasteiger partial charge in [0.05, 0.1) is 10.4 Å². The van der Waals surface area contributed by atoms with E-state index in [2.05, 4.69) is 20.5 Å². The van der Waals surface area contributed by atoms with Crippen molar-refractivity contribution in [2.24, 2.45) is 7.05 Å². The number of hydrogen-bond donors (Lipinski definition) is 1. The molecule has 0 unspecified atom stereocenters. The van der Waals surface area contributed by atoms with Crippen molar-refractivity contribution in [3.63, 3.8) is 0 Å². The topological polar surface area (TPSA) is 55.6 Å². The monoisotopic (exact) mass is 195 g/mol. The summed E-state index contributed by atoms with van der Waals surface area (Å²) < 4.78 is 1.90. The second kappa shape index (κ2) is 3.14. The van der Waals surface area contributed by atoms with Gasteiger partial charge in [-0.3, -0.25) is 9.55 Å². The van der Waals surface area contributed by atoms with E-state index in [9.17, 15) is 0 Å². The normalized spacial score (nSPS) is 10.3. The first-order valence-corrected chi connectivity index (χ1v) is 4.67. The Kier molecular flexibility index (Phi) is 1.97. The Bertz CT molecular complexity index is 391. The van der Waals surface area contributed by atoms with Crippen LogP contribution in [0.2, 0.25) is 0 Å². The van der Waals surface area contributed by atoms with Crippen molar-refractivity contribution in [1.82, 2.24) is 19.7 Å². The summed E-state index contributed by atoms with van der Waals surface area (Å²) in [7, 11) is 3.74. The number of nitrogens with one attached hydrogen (secondary N) is 1. The van der Waals surface area contributed by atoms with Gasteiger partial charge in [0.15, 0.2) is 5.82 Å². The molecule has 0 fully saturated rings. The van der Waals surface area contributed by atoms with Crippen molar-refractivity contribution < 1.29 is 0 Å². The van der Waals surface area contributed by atoms with Crippen LogP contribution in [0.4, 0.5) is 5.95 Å². The van der Waals surface area contributed by atoms with Gasteiger partial charge in [-0.15, -0.1) is 21.5 Å². The van der Waals surface area contributed by atoms with Crippen molar-refractivity contribution in [1.29, 1.82) is 0 Å². The number of hydrogen-bond acceptors (Lipinski definition) is 5.